The fourth-order valence-corrected chi connectivity index (χ4v) is 2.32. The van der Waals surface area contributed by atoms with Gasteiger partial charge in [0.25, 0.3) is 0 Å². The number of halogens is 2. The van der Waals surface area contributed by atoms with Gasteiger partial charge >= 0.3 is 5.97 Å². The molecule has 1 heterocycles. The van der Waals surface area contributed by atoms with E-state index in [1.165, 1.54) is 4.68 Å². The molecule has 19 heavy (non-hydrogen) atoms. The first-order valence-corrected chi connectivity index (χ1v) is 6.74. The van der Waals surface area contributed by atoms with Crippen molar-refractivity contribution < 1.29 is 9.90 Å². The van der Waals surface area contributed by atoms with Gasteiger partial charge in [0.15, 0.2) is 5.82 Å². The third kappa shape index (κ3) is 2.94. The molecule has 0 atom stereocenters. The zero-order chi connectivity index (χ0) is 14.0. The summed E-state index contributed by atoms with van der Waals surface area (Å²) in [6.45, 7) is 0. The number of carboxylic acid groups (broad SMARTS) is 1. The molecule has 6 nitrogen and oxygen atoms in total. The second-order valence-corrected chi connectivity index (χ2v) is 5.19. The van der Waals surface area contributed by atoms with E-state index >= 15 is 0 Å². The monoisotopic (exact) mass is 318 g/mol. The highest BCUT2D eigenvalue weighted by Gasteiger charge is 2.16. The lowest BCUT2D eigenvalue weighted by Crippen LogP contribution is -2.12. The first kappa shape index (κ1) is 14.0. The number of aromatic nitrogens is 3. The molecule has 0 unspecified atom stereocenters. The number of rotatable bonds is 4. The molecule has 9 heteroatoms. The van der Waals surface area contributed by atoms with E-state index in [1.807, 2.05) is 0 Å². The maximum atomic E-state index is 10.5. The van der Waals surface area contributed by atoms with E-state index in [0.717, 1.165) is 11.8 Å². The van der Waals surface area contributed by atoms with Crippen LogP contribution in [0.1, 0.15) is 0 Å². The molecule has 0 fully saturated rings. The van der Waals surface area contributed by atoms with Crippen LogP contribution in [0.15, 0.2) is 23.4 Å². The molecule has 0 saturated carbocycles. The van der Waals surface area contributed by atoms with Crippen molar-refractivity contribution in [3.8, 4) is 11.4 Å². The first-order valence-electron chi connectivity index (χ1n) is 5.00. The molecule has 0 saturated heterocycles. The Labute approximate surface area is 122 Å². The second-order valence-electron chi connectivity index (χ2n) is 3.46. The van der Waals surface area contributed by atoms with E-state index in [1.54, 1.807) is 18.2 Å². The van der Waals surface area contributed by atoms with E-state index in [-0.39, 0.29) is 10.9 Å². The van der Waals surface area contributed by atoms with Gasteiger partial charge in [0.1, 0.15) is 0 Å². The standard InChI is InChI=1S/C10H8Cl2N4O2S/c11-6-3-1-2-5(8(6)12)9-14-15-10(16(9)13)19-4-7(17)18/h1-3H,4,13H2,(H,17,18). The van der Waals surface area contributed by atoms with Crippen molar-refractivity contribution in [3.05, 3.63) is 28.2 Å². The topological polar surface area (TPSA) is 94.0 Å². The minimum atomic E-state index is -0.963. The van der Waals surface area contributed by atoms with Crippen LogP contribution >= 0.6 is 35.0 Å². The van der Waals surface area contributed by atoms with Gasteiger partial charge in [0.05, 0.1) is 15.8 Å². The van der Waals surface area contributed by atoms with E-state index in [0.29, 0.717) is 21.4 Å². The Morgan fingerprint density at radius 2 is 2.16 bits per heavy atom. The molecule has 0 radical (unpaired) electrons. The zero-order valence-corrected chi connectivity index (χ0v) is 11.7. The summed E-state index contributed by atoms with van der Waals surface area (Å²) in [6, 6.07) is 5.06. The average Bonchev–Trinajstić information content (AvgIpc) is 2.72. The Balaban J connectivity index is 2.36. The highest BCUT2D eigenvalue weighted by molar-refractivity contribution is 7.99. The predicted octanol–water partition coefficient (Wildman–Crippen LogP) is 2.14. The van der Waals surface area contributed by atoms with E-state index in [9.17, 15) is 4.79 Å². The summed E-state index contributed by atoms with van der Waals surface area (Å²) in [5.74, 6) is 5.02. The minimum absolute atomic E-state index is 0.154. The number of nitrogen functional groups attached to an aromatic ring is 1. The van der Waals surface area contributed by atoms with Crippen molar-refractivity contribution in [1.82, 2.24) is 14.9 Å². The molecule has 0 aliphatic heterocycles. The summed E-state index contributed by atoms with van der Waals surface area (Å²) in [6.07, 6.45) is 0. The van der Waals surface area contributed by atoms with Gasteiger partial charge < -0.3 is 10.9 Å². The molecule has 0 amide bonds. The number of carbonyl (C=O) groups is 1. The molecule has 2 aromatic rings. The summed E-state index contributed by atoms with van der Waals surface area (Å²) >= 11 is 12.9. The van der Waals surface area contributed by atoms with Crippen LogP contribution in [0.4, 0.5) is 0 Å². The number of aliphatic carboxylic acids is 1. The molecule has 1 aromatic heterocycles. The lowest BCUT2D eigenvalue weighted by molar-refractivity contribution is -0.133. The first-order chi connectivity index (χ1) is 9.00. The molecule has 0 aliphatic carbocycles. The van der Waals surface area contributed by atoms with Crippen LogP contribution in [0.25, 0.3) is 11.4 Å². The molecule has 0 bridgehead atoms. The highest BCUT2D eigenvalue weighted by atomic mass is 35.5. The van der Waals surface area contributed by atoms with Gasteiger partial charge in [-0.25, -0.2) is 4.68 Å². The number of hydrogen-bond donors (Lipinski definition) is 2. The van der Waals surface area contributed by atoms with Crippen LogP contribution in [0, 0.1) is 0 Å². The lowest BCUT2D eigenvalue weighted by atomic mass is 10.2. The van der Waals surface area contributed by atoms with Crippen molar-refractivity contribution in [2.45, 2.75) is 5.16 Å². The smallest absolute Gasteiger partial charge is 0.313 e. The largest absolute Gasteiger partial charge is 0.481 e. The quantitative estimate of drug-likeness (QED) is 0.662. The average molecular weight is 319 g/mol. The van der Waals surface area contributed by atoms with Crippen molar-refractivity contribution >= 4 is 40.9 Å². The maximum Gasteiger partial charge on any atom is 0.313 e. The summed E-state index contributed by atoms with van der Waals surface area (Å²) < 4.78 is 1.19. The molecule has 100 valence electrons. The Hall–Kier alpha value is -1.44. The number of thioether (sulfide) groups is 1. The minimum Gasteiger partial charge on any atom is -0.481 e. The number of benzene rings is 1. The number of nitrogens with zero attached hydrogens (tertiary/aromatic N) is 3. The lowest BCUT2D eigenvalue weighted by Gasteiger charge is -2.05. The summed E-state index contributed by atoms with van der Waals surface area (Å²) in [4.78, 5) is 10.5. The Kier molecular flexibility index (Phi) is 4.18. The van der Waals surface area contributed by atoms with E-state index in [4.69, 9.17) is 34.2 Å². The summed E-state index contributed by atoms with van der Waals surface area (Å²) in [7, 11) is 0. The van der Waals surface area contributed by atoms with Crippen LogP contribution in [0.5, 0.6) is 0 Å². The highest BCUT2D eigenvalue weighted by Crippen LogP contribution is 2.32. The maximum absolute atomic E-state index is 10.5. The van der Waals surface area contributed by atoms with Gasteiger partial charge in [0, 0.05) is 5.56 Å². The summed E-state index contributed by atoms with van der Waals surface area (Å²) in [5.41, 5.74) is 0.534. The number of nitrogens with two attached hydrogens (primary N) is 1. The summed E-state index contributed by atoms with van der Waals surface area (Å²) in [5, 5.41) is 17.3. The van der Waals surface area contributed by atoms with E-state index < -0.39 is 5.97 Å². The molecule has 3 N–H and O–H groups in total. The van der Waals surface area contributed by atoms with Crippen molar-refractivity contribution in [1.29, 1.82) is 0 Å². The zero-order valence-electron chi connectivity index (χ0n) is 9.38. The Morgan fingerprint density at radius 1 is 1.42 bits per heavy atom. The number of carboxylic acids is 1. The van der Waals surface area contributed by atoms with Gasteiger partial charge in [-0.15, -0.1) is 10.2 Å². The molecular weight excluding hydrogens is 311 g/mol. The van der Waals surface area contributed by atoms with E-state index in [2.05, 4.69) is 10.2 Å². The molecule has 2 rings (SSSR count). The number of hydrogen-bond acceptors (Lipinski definition) is 5. The van der Waals surface area contributed by atoms with Gasteiger partial charge in [0.2, 0.25) is 5.16 Å². The van der Waals surface area contributed by atoms with Crippen LogP contribution < -0.4 is 5.84 Å². The Morgan fingerprint density at radius 3 is 2.84 bits per heavy atom. The SMILES string of the molecule is Nn1c(SCC(=O)O)nnc1-c1cccc(Cl)c1Cl. The third-order valence-electron chi connectivity index (χ3n) is 2.18. The van der Waals surface area contributed by atoms with Crippen LogP contribution in [0.3, 0.4) is 0 Å². The molecule has 0 aliphatic rings. The van der Waals surface area contributed by atoms with Crippen LogP contribution in [0.2, 0.25) is 10.0 Å². The fraction of sp³-hybridized carbons (Fsp3) is 0.100. The molecular formula is C10H8Cl2N4O2S. The van der Waals surface area contributed by atoms with Crippen LogP contribution in [-0.2, 0) is 4.79 Å². The van der Waals surface area contributed by atoms with Crippen LogP contribution in [-0.4, -0.2) is 31.7 Å². The Bertz CT molecular complexity index is 632. The fourth-order valence-electron chi connectivity index (χ4n) is 1.36. The third-order valence-corrected chi connectivity index (χ3v) is 3.93. The van der Waals surface area contributed by atoms with Crippen molar-refractivity contribution in [3.63, 3.8) is 0 Å². The predicted molar refractivity (Wildman–Crippen MR) is 74.0 cm³/mol. The second kappa shape index (κ2) is 5.68. The van der Waals surface area contributed by atoms with Gasteiger partial charge in [-0.1, -0.05) is 41.0 Å². The van der Waals surface area contributed by atoms with Gasteiger partial charge in [-0.2, -0.15) is 0 Å². The van der Waals surface area contributed by atoms with Gasteiger partial charge in [-0.3, -0.25) is 4.79 Å². The van der Waals surface area contributed by atoms with Gasteiger partial charge in [-0.05, 0) is 12.1 Å². The molecule has 0 spiro atoms. The van der Waals surface area contributed by atoms with Crippen molar-refractivity contribution in [2.24, 2.45) is 0 Å². The normalized spacial score (nSPS) is 10.6. The van der Waals surface area contributed by atoms with Crippen molar-refractivity contribution in [2.75, 3.05) is 11.6 Å². The molecule has 1 aromatic carbocycles.